The summed E-state index contributed by atoms with van der Waals surface area (Å²) in [6.07, 6.45) is 1.83. The Morgan fingerprint density at radius 2 is 2.05 bits per heavy atom. The lowest BCUT2D eigenvalue weighted by molar-refractivity contribution is 0.483. The van der Waals surface area contributed by atoms with Crippen LogP contribution in [0.15, 0.2) is 23.1 Å². The zero-order valence-corrected chi connectivity index (χ0v) is 14.4. The summed E-state index contributed by atoms with van der Waals surface area (Å²) in [6, 6.07) is 4.40. The Labute approximate surface area is 132 Å². The summed E-state index contributed by atoms with van der Waals surface area (Å²) in [5.74, 6) is 0.298. The second kappa shape index (κ2) is 7.84. The summed E-state index contributed by atoms with van der Waals surface area (Å²) in [6.45, 7) is 2.43. The van der Waals surface area contributed by atoms with E-state index in [1.165, 1.54) is 12.1 Å². The van der Waals surface area contributed by atoms with E-state index in [0.717, 1.165) is 18.2 Å². The number of nitrogens with one attached hydrogen (secondary N) is 1. The van der Waals surface area contributed by atoms with Crippen molar-refractivity contribution in [3.05, 3.63) is 28.2 Å². The molecule has 0 spiro atoms. The van der Waals surface area contributed by atoms with Crippen molar-refractivity contribution in [1.29, 1.82) is 0 Å². The maximum Gasteiger partial charge on any atom is 0.242 e. The minimum absolute atomic E-state index is 0.0235. The highest BCUT2D eigenvalue weighted by atomic mass is 79.9. The molecule has 1 unspecified atom stereocenters. The smallest absolute Gasteiger partial charge is 0.211 e. The van der Waals surface area contributed by atoms with E-state index in [-0.39, 0.29) is 9.92 Å². The van der Waals surface area contributed by atoms with Crippen molar-refractivity contribution in [3.63, 3.8) is 0 Å². The molecule has 0 aliphatic rings. The minimum atomic E-state index is -3.62. The van der Waals surface area contributed by atoms with Crippen LogP contribution in [0, 0.1) is 5.92 Å². The van der Waals surface area contributed by atoms with Crippen molar-refractivity contribution in [2.24, 2.45) is 5.92 Å². The Bertz CT molecular complexity index is 522. The molecule has 0 fully saturated rings. The Morgan fingerprint density at radius 1 is 1.37 bits per heavy atom. The van der Waals surface area contributed by atoms with E-state index >= 15 is 0 Å². The molecule has 0 aliphatic heterocycles. The van der Waals surface area contributed by atoms with Gasteiger partial charge >= 0.3 is 0 Å². The third-order valence-electron chi connectivity index (χ3n) is 2.84. The summed E-state index contributed by atoms with van der Waals surface area (Å²) >= 11 is 15.1. The molecule has 0 heterocycles. The average Bonchev–Trinajstić information content (AvgIpc) is 2.37. The van der Waals surface area contributed by atoms with Crippen molar-refractivity contribution >= 4 is 49.2 Å². The van der Waals surface area contributed by atoms with E-state index in [9.17, 15) is 8.42 Å². The maximum atomic E-state index is 12.2. The summed E-state index contributed by atoms with van der Waals surface area (Å²) in [5.41, 5.74) is 0. The monoisotopic (exact) mass is 387 g/mol. The van der Waals surface area contributed by atoms with Gasteiger partial charge in [0.25, 0.3) is 0 Å². The van der Waals surface area contributed by atoms with Crippen LogP contribution in [0.2, 0.25) is 10.0 Å². The van der Waals surface area contributed by atoms with Crippen LogP contribution in [0.25, 0.3) is 0 Å². The molecule has 0 aliphatic carbocycles. The van der Waals surface area contributed by atoms with E-state index in [0.29, 0.717) is 17.5 Å². The van der Waals surface area contributed by atoms with Crippen LogP contribution in [0.1, 0.15) is 19.8 Å². The molecule has 0 amide bonds. The fourth-order valence-electron chi connectivity index (χ4n) is 1.59. The molecule has 0 radical (unpaired) electrons. The number of sulfonamides is 1. The van der Waals surface area contributed by atoms with Crippen molar-refractivity contribution in [3.8, 4) is 0 Å². The van der Waals surface area contributed by atoms with Gasteiger partial charge in [0.15, 0.2) is 0 Å². The van der Waals surface area contributed by atoms with Crippen LogP contribution in [0.4, 0.5) is 0 Å². The number of hydrogen-bond donors (Lipinski definition) is 1. The summed E-state index contributed by atoms with van der Waals surface area (Å²) in [4.78, 5) is 0.0235. The maximum absolute atomic E-state index is 12.2. The van der Waals surface area contributed by atoms with E-state index < -0.39 is 10.0 Å². The lowest BCUT2D eigenvalue weighted by Gasteiger charge is -2.15. The fourth-order valence-corrected chi connectivity index (χ4v) is 4.12. The molecule has 3 nitrogen and oxygen atoms in total. The molecule has 0 saturated heterocycles. The average molecular weight is 389 g/mol. The molecule has 0 saturated carbocycles. The van der Waals surface area contributed by atoms with Crippen LogP contribution in [-0.2, 0) is 10.0 Å². The SMILES string of the molecule is CCC(CCBr)CNS(=O)(=O)c1cc(Cl)ccc1Cl. The van der Waals surface area contributed by atoms with Gasteiger partial charge in [-0.1, -0.05) is 52.5 Å². The van der Waals surface area contributed by atoms with Crippen LogP contribution < -0.4 is 4.72 Å². The highest BCUT2D eigenvalue weighted by Crippen LogP contribution is 2.25. The molecule has 0 bridgehead atoms. The van der Waals surface area contributed by atoms with Crippen LogP contribution >= 0.6 is 39.1 Å². The molecular formula is C12H16BrCl2NO2S. The molecular weight excluding hydrogens is 373 g/mol. The zero-order chi connectivity index (χ0) is 14.5. The van der Waals surface area contributed by atoms with Gasteiger partial charge in [-0.3, -0.25) is 0 Å². The lowest BCUT2D eigenvalue weighted by Crippen LogP contribution is -2.29. The number of alkyl halides is 1. The molecule has 7 heteroatoms. The van der Waals surface area contributed by atoms with Crippen molar-refractivity contribution in [2.45, 2.75) is 24.7 Å². The molecule has 1 rings (SSSR count). The third-order valence-corrected chi connectivity index (χ3v) is 5.44. The molecule has 19 heavy (non-hydrogen) atoms. The molecule has 1 aromatic carbocycles. The second-order valence-electron chi connectivity index (χ2n) is 4.18. The molecule has 108 valence electrons. The summed E-state index contributed by atoms with van der Waals surface area (Å²) < 4.78 is 26.9. The highest BCUT2D eigenvalue weighted by Gasteiger charge is 2.19. The van der Waals surface area contributed by atoms with E-state index in [2.05, 4.69) is 20.7 Å². The molecule has 1 N–H and O–H groups in total. The molecule has 1 atom stereocenters. The first-order valence-electron chi connectivity index (χ1n) is 5.91. The first-order valence-corrected chi connectivity index (χ1v) is 9.27. The Morgan fingerprint density at radius 3 is 2.63 bits per heavy atom. The molecule has 1 aromatic rings. The summed E-state index contributed by atoms with van der Waals surface area (Å²) in [7, 11) is -3.62. The van der Waals surface area contributed by atoms with Crippen LogP contribution in [-0.4, -0.2) is 20.3 Å². The number of benzene rings is 1. The predicted molar refractivity (Wildman–Crippen MR) is 83.8 cm³/mol. The Hall–Kier alpha value is 0.190. The lowest BCUT2D eigenvalue weighted by atomic mass is 10.0. The van der Waals surface area contributed by atoms with E-state index in [1.807, 2.05) is 6.92 Å². The zero-order valence-electron chi connectivity index (χ0n) is 10.5. The number of rotatable bonds is 7. The Balaban J connectivity index is 2.83. The van der Waals surface area contributed by atoms with E-state index in [4.69, 9.17) is 23.2 Å². The fraction of sp³-hybridized carbons (Fsp3) is 0.500. The van der Waals surface area contributed by atoms with Gasteiger partial charge in [0.2, 0.25) is 10.0 Å². The van der Waals surface area contributed by atoms with Crippen LogP contribution in [0.5, 0.6) is 0 Å². The van der Waals surface area contributed by atoms with Gasteiger partial charge in [0.1, 0.15) is 4.90 Å². The van der Waals surface area contributed by atoms with Gasteiger partial charge in [-0.2, -0.15) is 0 Å². The minimum Gasteiger partial charge on any atom is -0.211 e. The standard InChI is InChI=1S/C12H16BrCl2NO2S/c1-2-9(5-6-13)8-16-19(17,18)12-7-10(14)3-4-11(12)15/h3-4,7,9,16H,2,5-6,8H2,1H3. The summed E-state index contributed by atoms with van der Waals surface area (Å²) in [5, 5.41) is 1.37. The first-order chi connectivity index (χ1) is 8.90. The Kier molecular flexibility index (Phi) is 7.11. The largest absolute Gasteiger partial charge is 0.242 e. The number of halogens is 3. The first kappa shape index (κ1) is 17.2. The number of hydrogen-bond acceptors (Lipinski definition) is 2. The quantitative estimate of drug-likeness (QED) is 0.715. The predicted octanol–water partition coefficient (Wildman–Crippen LogP) is 4.08. The van der Waals surface area contributed by atoms with Crippen molar-refractivity contribution in [1.82, 2.24) is 4.72 Å². The molecule has 0 aromatic heterocycles. The normalized spacial score (nSPS) is 13.5. The topological polar surface area (TPSA) is 46.2 Å². The van der Waals surface area contributed by atoms with Crippen molar-refractivity contribution < 1.29 is 8.42 Å². The van der Waals surface area contributed by atoms with Gasteiger partial charge < -0.3 is 0 Å². The van der Waals surface area contributed by atoms with E-state index in [1.54, 1.807) is 6.07 Å². The van der Waals surface area contributed by atoms with Gasteiger partial charge in [-0.25, -0.2) is 13.1 Å². The van der Waals surface area contributed by atoms with Gasteiger partial charge in [0.05, 0.1) is 5.02 Å². The van der Waals surface area contributed by atoms with Gasteiger partial charge in [0, 0.05) is 16.9 Å². The van der Waals surface area contributed by atoms with Crippen molar-refractivity contribution in [2.75, 3.05) is 11.9 Å². The third kappa shape index (κ3) is 5.23. The highest BCUT2D eigenvalue weighted by molar-refractivity contribution is 9.09. The van der Waals surface area contributed by atoms with Gasteiger partial charge in [-0.05, 0) is 30.5 Å². The second-order valence-corrected chi connectivity index (χ2v) is 7.55. The van der Waals surface area contributed by atoms with Crippen LogP contribution in [0.3, 0.4) is 0 Å². The van der Waals surface area contributed by atoms with Gasteiger partial charge in [-0.15, -0.1) is 0 Å².